The van der Waals surface area contributed by atoms with Crippen LogP contribution in [0.3, 0.4) is 0 Å². The summed E-state index contributed by atoms with van der Waals surface area (Å²) >= 11 is 1.25. The lowest BCUT2D eigenvalue weighted by Gasteiger charge is -2.11. The zero-order valence-electron chi connectivity index (χ0n) is 20.7. The van der Waals surface area contributed by atoms with Gasteiger partial charge in [0.15, 0.2) is 5.17 Å². The fraction of sp³-hybridized carbons (Fsp3) is 0.192. The van der Waals surface area contributed by atoms with Crippen LogP contribution in [0, 0.1) is 5.41 Å². The Bertz CT molecular complexity index is 1770. The predicted molar refractivity (Wildman–Crippen MR) is 148 cm³/mol. The molecule has 0 saturated carbocycles. The molecule has 2 aromatic heterocycles. The van der Waals surface area contributed by atoms with E-state index >= 15 is 0 Å². The summed E-state index contributed by atoms with van der Waals surface area (Å²) in [6.07, 6.45) is 5.06. The summed E-state index contributed by atoms with van der Waals surface area (Å²) in [6.45, 7) is 0.587. The molecule has 0 bridgehead atoms. The van der Waals surface area contributed by atoms with E-state index in [4.69, 9.17) is 15.4 Å². The number of amides is 2. The number of thioether (sulfide) groups is 1. The third kappa shape index (κ3) is 4.62. The van der Waals surface area contributed by atoms with E-state index in [9.17, 15) is 18.0 Å². The average Bonchev–Trinajstić information content (AvgIpc) is 3.47. The predicted octanol–water partition coefficient (Wildman–Crippen LogP) is 3.32. The van der Waals surface area contributed by atoms with Gasteiger partial charge in [-0.25, -0.2) is 0 Å². The lowest BCUT2D eigenvalue weighted by atomic mass is 9.95. The second-order valence-corrected chi connectivity index (χ2v) is 11.6. The maximum atomic E-state index is 13.7. The highest BCUT2D eigenvalue weighted by molar-refractivity contribution is 8.13. The second kappa shape index (κ2) is 9.78. The first-order valence-corrected chi connectivity index (χ1v) is 14.5. The number of amidine groups is 1. The maximum Gasteiger partial charge on any atom is 0.287 e. The van der Waals surface area contributed by atoms with E-state index in [1.807, 2.05) is 64.7 Å². The molecule has 0 atom stereocenters. The zero-order chi connectivity index (χ0) is 27.2. The molecule has 0 aliphatic carbocycles. The van der Waals surface area contributed by atoms with E-state index in [1.165, 1.54) is 11.8 Å². The smallest absolute Gasteiger partial charge is 0.287 e. The van der Waals surface area contributed by atoms with E-state index in [-0.39, 0.29) is 16.3 Å². The third-order valence-electron chi connectivity index (χ3n) is 6.28. The lowest BCUT2D eigenvalue weighted by Crippen LogP contribution is -2.33. The van der Waals surface area contributed by atoms with Crippen molar-refractivity contribution in [2.75, 3.05) is 12.0 Å². The van der Waals surface area contributed by atoms with Crippen molar-refractivity contribution in [3.63, 3.8) is 0 Å². The number of fused-ring (bicyclic) bond motifs is 2. The van der Waals surface area contributed by atoms with Crippen LogP contribution in [-0.4, -0.2) is 51.6 Å². The van der Waals surface area contributed by atoms with E-state index in [2.05, 4.69) is 0 Å². The van der Waals surface area contributed by atoms with E-state index < -0.39 is 21.9 Å². The largest absolute Gasteiger partial charge is 0.379 e. The van der Waals surface area contributed by atoms with E-state index in [0.717, 1.165) is 28.1 Å². The summed E-state index contributed by atoms with van der Waals surface area (Å²) < 4.78 is 32.7. The normalized spacial score (nSPS) is 14.4. The van der Waals surface area contributed by atoms with Crippen LogP contribution in [-0.2, 0) is 37.6 Å². The van der Waals surface area contributed by atoms with Crippen LogP contribution in [0.5, 0.6) is 0 Å². The van der Waals surface area contributed by atoms with Crippen molar-refractivity contribution in [1.82, 2.24) is 14.2 Å². The number of aromatic nitrogens is 2. The minimum Gasteiger partial charge on any atom is -0.379 e. The fourth-order valence-corrected chi connectivity index (χ4v) is 5.70. The van der Waals surface area contributed by atoms with Crippen LogP contribution in [0.2, 0.25) is 0 Å². The Hall–Kier alpha value is -3.87. The number of rotatable bonds is 8. The van der Waals surface area contributed by atoms with Gasteiger partial charge in [-0.15, -0.1) is 9.35 Å². The van der Waals surface area contributed by atoms with Gasteiger partial charge in [-0.3, -0.25) is 15.0 Å². The Labute approximate surface area is 223 Å². The van der Waals surface area contributed by atoms with Crippen molar-refractivity contribution in [3.05, 3.63) is 72.1 Å². The zero-order valence-corrected chi connectivity index (χ0v) is 22.3. The summed E-state index contributed by atoms with van der Waals surface area (Å²) in [7, 11) is -2.33. The molecule has 0 fully saturated rings. The lowest BCUT2D eigenvalue weighted by molar-refractivity contribution is -0.160. The van der Waals surface area contributed by atoms with Gasteiger partial charge < -0.3 is 14.9 Å². The Morgan fingerprint density at radius 2 is 1.50 bits per heavy atom. The number of hydrogen-bond acceptors (Lipinski definition) is 7. The topological polar surface area (TPSA) is 140 Å². The number of nitrogens with one attached hydrogen (secondary N) is 1. The molecule has 2 aromatic carbocycles. The highest BCUT2D eigenvalue weighted by atomic mass is 32.2. The van der Waals surface area contributed by atoms with Crippen molar-refractivity contribution >= 4 is 71.8 Å². The first kappa shape index (κ1) is 25.8. The highest BCUT2D eigenvalue weighted by Gasteiger charge is 2.44. The van der Waals surface area contributed by atoms with Crippen LogP contribution in [0.15, 0.2) is 60.9 Å². The molecule has 0 unspecified atom stereocenters. The number of nitrogens with zero attached hydrogens (tertiary/aromatic N) is 3. The number of hydrogen-bond donors (Lipinski definition) is 2. The number of carbonyl (C=O) groups is 2. The number of carbonyl (C=O) groups excluding carboxylic acids is 2. The molecular weight excluding hydrogens is 526 g/mol. The molecule has 0 radical (unpaired) electrons. The number of hydroxylamine groups is 2. The van der Waals surface area contributed by atoms with Crippen LogP contribution in [0.25, 0.3) is 33.0 Å². The SMILES string of the molecule is Cn1cc(C2=C(c3cn(CCCSC(=N)N)c4ccccc34)C(=O)N(OS(C)(=O)=O)C2=O)c2ccccc21. The Morgan fingerprint density at radius 3 is 2.11 bits per heavy atom. The average molecular weight is 552 g/mol. The fourth-order valence-electron chi connectivity index (χ4n) is 4.80. The Kier molecular flexibility index (Phi) is 6.63. The molecule has 3 N–H and O–H groups in total. The molecule has 196 valence electrons. The molecule has 0 saturated heterocycles. The van der Waals surface area contributed by atoms with Crippen LogP contribution < -0.4 is 5.73 Å². The van der Waals surface area contributed by atoms with Gasteiger partial charge in [0.2, 0.25) is 0 Å². The van der Waals surface area contributed by atoms with Crippen molar-refractivity contribution < 1.29 is 22.3 Å². The van der Waals surface area contributed by atoms with Gasteiger partial charge >= 0.3 is 0 Å². The molecule has 38 heavy (non-hydrogen) atoms. The van der Waals surface area contributed by atoms with Gasteiger partial charge in [0, 0.05) is 64.7 Å². The molecule has 2 amide bonds. The number of para-hydroxylation sites is 2. The first-order chi connectivity index (χ1) is 18.1. The second-order valence-electron chi connectivity index (χ2n) is 8.92. The molecule has 12 heteroatoms. The molecule has 5 rings (SSSR count). The molecule has 0 spiro atoms. The molecule has 10 nitrogen and oxygen atoms in total. The number of nitrogens with two attached hydrogens (primary N) is 1. The van der Waals surface area contributed by atoms with Gasteiger partial charge in [0.05, 0.1) is 17.4 Å². The van der Waals surface area contributed by atoms with Gasteiger partial charge in [-0.2, -0.15) is 8.42 Å². The summed E-state index contributed by atoms with van der Waals surface area (Å²) in [5.41, 5.74) is 8.30. The van der Waals surface area contributed by atoms with Crippen molar-refractivity contribution in [1.29, 1.82) is 5.41 Å². The van der Waals surface area contributed by atoms with Gasteiger partial charge in [-0.05, 0) is 18.6 Å². The maximum absolute atomic E-state index is 13.7. The summed E-state index contributed by atoms with van der Waals surface area (Å²) in [5, 5.41) is 9.27. The van der Waals surface area contributed by atoms with E-state index in [0.29, 0.717) is 34.9 Å². The molecule has 1 aliphatic rings. The van der Waals surface area contributed by atoms with Crippen LogP contribution in [0.4, 0.5) is 0 Å². The summed E-state index contributed by atoms with van der Waals surface area (Å²) in [4.78, 5) is 27.4. The molecule has 4 aromatic rings. The Balaban J connectivity index is 1.72. The number of imide groups is 1. The minimum atomic E-state index is -4.16. The highest BCUT2D eigenvalue weighted by Crippen LogP contribution is 2.42. The third-order valence-corrected chi connectivity index (χ3v) is 7.51. The van der Waals surface area contributed by atoms with Crippen LogP contribution >= 0.6 is 11.8 Å². The van der Waals surface area contributed by atoms with Gasteiger partial charge in [0.25, 0.3) is 21.9 Å². The monoisotopic (exact) mass is 551 g/mol. The van der Waals surface area contributed by atoms with Gasteiger partial charge in [-0.1, -0.05) is 48.2 Å². The van der Waals surface area contributed by atoms with Crippen molar-refractivity contribution in [3.8, 4) is 0 Å². The quantitative estimate of drug-likeness (QED) is 0.148. The van der Waals surface area contributed by atoms with Gasteiger partial charge in [0.1, 0.15) is 0 Å². The molecular formula is C26H25N5O5S2. The summed E-state index contributed by atoms with van der Waals surface area (Å²) in [6, 6.07) is 15.0. The number of aryl methyl sites for hydroxylation is 2. The minimum absolute atomic E-state index is 0.0500. The number of benzene rings is 2. The first-order valence-electron chi connectivity index (χ1n) is 11.7. The molecule has 1 aliphatic heterocycles. The Morgan fingerprint density at radius 1 is 0.947 bits per heavy atom. The van der Waals surface area contributed by atoms with Crippen molar-refractivity contribution in [2.45, 2.75) is 13.0 Å². The van der Waals surface area contributed by atoms with Crippen molar-refractivity contribution in [2.24, 2.45) is 12.8 Å². The standard InChI is InChI=1S/C26H25N5O5S2/c1-29-14-18(16-8-3-5-10-20(16)29)22-23(25(33)31(24(22)32)36-38(2,34)35)19-15-30(12-7-13-37-26(27)28)21-11-6-4-9-17(19)21/h3-6,8-11,14-15H,7,12-13H2,1-2H3,(H3,27,28). The summed E-state index contributed by atoms with van der Waals surface area (Å²) in [5.74, 6) is -1.05. The molecule has 3 heterocycles. The van der Waals surface area contributed by atoms with E-state index in [1.54, 1.807) is 12.4 Å². The van der Waals surface area contributed by atoms with Crippen LogP contribution in [0.1, 0.15) is 17.5 Å².